The van der Waals surface area contributed by atoms with Gasteiger partial charge in [0.2, 0.25) is 0 Å². The van der Waals surface area contributed by atoms with E-state index in [0.717, 1.165) is 0 Å². The van der Waals surface area contributed by atoms with Crippen molar-refractivity contribution >= 4 is 38.8 Å². The minimum Gasteiger partial charge on any atom is -0.378 e. The number of hydrogen-bond acceptors (Lipinski definition) is 7. The Bertz CT molecular complexity index is 1090. The van der Waals surface area contributed by atoms with Gasteiger partial charge >= 0.3 is 0 Å². The quantitative estimate of drug-likeness (QED) is 0.380. The number of nitrogens with zero attached hydrogens (tertiary/aromatic N) is 3. The summed E-state index contributed by atoms with van der Waals surface area (Å²) in [5.74, 6) is -0.304. The van der Waals surface area contributed by atoms with Crippen LogP contribution in [0.15, 0.2) is 35.4 Å². The highest BCUT2D eigenvalue weighted by molar-refractivity contribution is 7.20. The zero-order valence-electron chi connectivity index (χ0n) is 14.7. The van der Waals surface area contributed by atoms with E-state index in [9.17, 15) is 19.7 Å². The summed E-state index contributed by atoms with van der Waals surface area (Å²) in [7, 11) is 1.61. The van der Waals surface area contributed by atoms with Gasteiger partial charge in [-0.1, -0.05) is 12.1 Å². The number of aryl methyl sites for hydroxylation is 2. The Morgan fingerprint density at radius 1 is 1.33 bits per heavy atom. The van der Waals surface area contributed by atoms with Crippen LogP contribution in [-0.4, -0.2) is 33.5 Å². The molecule has 27 heavy (non-hydrogen) atoms. The molecule has 0 aliphatic heterocycles. The van der Waals surface area contributed by atoms with Gasteiger partial charge in [0.05, 0.1) is 21.5 Å². The van der Waals surface area contributed by atoms with Crippen LogP contribution in [0.3, 0.4) is 0 Å². The van der Waals surface area contributed by atoms with E-state index in [1.54, 1.807) is 32.2 Å². The first-order valence-corrected chi connectivity index (χ1v) is 8.92. The summed E-state index contributed by atoms with van der Waals surface area (Å²) in [6.45, 7) is 2.31. The van der Waals surface area contributed by atoms with Gasteiger partial charge in [-0.15, -0.1) is 11.3 Å². The molecule has 0 radical (unpaired) electrons. The van der Waals surface area contributed by atoms with Gasteiger partial charge in [0.1, 0.15) is 10.5 Å². The summed E-state index contributed by atoms with van der Waals surface area (Å²) in [5, 5.41) is 17.1. The van der Waals surface area contributed by atoms with E-state index in [-0.39, 0.29) is 23.7 Å². The second-order valence-corrected chi connectivity index (χ2v) is 6.85. The van der Waals surface area contributed by atoms with Gasteiger partial charge in [-0.05, 0) is 18.6 Å². The summed E-state index contributed by atoms with van der Waals surface area (Å²) >= 11 is 1.17. The number of nitro benzene ring substituents is 1. The molecular weight excluding hydrogens is 370 g/mol. The molecule has 2 heterocycles. The molecule has 2 N–H and O–H groups in total. The van der Waals surface area contributed by atoms with Gasteiger partial charge in [-0.3, -0.25) is 19.7 Å². The molecule has 0 saturated heterocycles. The molecule has 9 nitrogen and oxygen atoms in total. The Morgan fingerprint density at radius 2 is 2.07 bits per heavy atom. The molecule has 0 fully saturated rings. The number of benzene rings is 1. The van der Waals surface area contributed by atoms with Crippen LogP contribution in [0.25, 0.3) is 10.2 Å². The van der Waals surface area contributed by atoms with Gasteiger partial charge in [0.15, 0.2) is 0 Å². The van der Waals surface area contributed by atoms with Crippen molar-refractivity contribution in [1.82, 2.24) is 14.9 Å². The van der Waals surface area contributed by atoms with Crippen molar-refractivity contribution in [3.63, 3.8) is 0 Å². The van der Waals surface area contributed by atoms with E-state index in [1.165, 1.54) is 28.3 Å². The van der Waals surface area contributed by atoms with Crippen molar-refractivity contribution in [2.45, 2.75) is 6.92 Å². The molecule has 0 aliphatic carbocycles. The Balaban J connectivity index is 1.66. The van der Waals surface area contributed by atoms with Crippen molar-refractivity contribution < 1.29 is 9.72 Å². The highest BCUT2D eigenvalue weighted by atomic mass is 32.1. The second kappa shape index (κ2) is 7.54. The predicted molar refractivity (Wildman–Crippen MR) is 104 cm³/mol. The number of fused-ring (bicyclic) bond motifs is 1. The van der Waals surface area contributed by atoms with Crippen LogP contribution in [0.1, 0.15) is 15.2 Å². The fourth-order valence-corrected chi connectivity index (χ4v) is 3.72. The molecule has 0 bridgehead atoms. The van der Waals surface area contributed by atoms with Crippen molar-refractivity contribution in [3.05, 3.63) is 61.5 Å². The maximum absolute atomic E-state index is 12.4. The van der Waals surface area contributed by atoms with Crippen LogP contribution >= 0.6 is 11.3 Å². The van der Waals surface area contributed by atoms with E-state index in [0.29, 0.717) is 32.9 Å². The molecule has 1 aromatic carbocycles. The van der Waals surface area contributed by atoms with E-state index < -0.39 is 4.92 Å². The Hall–Kier alpha value is -3.27. The minimum atomic E-state index is -0.463. The largest absolute Gasteiger partial charge is 0.378 e. The van der Waals surface area contributed by atoms with Gasteiger partial charge < -0.3 is 15.2 Å². The lowest BCUT2D eigenvalue weighted by molar-refractivity contribution is -0.384. The van der Waals surface area contributed by atoms with E-state index in [1.807, 2.05) is 0 Å². The number of nitro groups is 1. The first kappa shape index (κ1) is 18.5. The van der Waals surface area contributed by atoms with E-state index in [4.69, 9.17) is 0 Å². The molecule has 2 aromatic heterocycles. The summed E-state index contributed by atoms with van der Waals surface area (Å²) < 4.78 is 1.38. The Morgan fingerprint density at radius 3 is 2.81 bits per heavy atom. The monoisotopic (exact) mass is 387 g/mol. The fraction of sp³-hybridized carbons (Fsp3) is 0.235. The van der Waals surface area contributed by atoms with Crippen molar-refractivity contribution in [2.75, 3.05) is 18.4 Å². The molecule has 10 heteroatoms. The molecule has 3 aromatic rings. The first-order valence-electron chi connectivity index (χ1n) is 8.10. The SMILES string of the molecule is Cc1c(C(=O)NCCNc2ccccc2[N+](=O)[O-])sc2ncn(C)c(=O)c12. The summed E-state index contributed by atoms with van der Waals surface area (Å²) in [4.78, 5) is 40.3. The summed E-state index contributed by atoms with van der Waals surface area (Å²) in [6.07, 6.45) is 1.43. The van der Waals surface area contributed by atoms with Gasteiger partial charge in [0, 0.05) is 26.2 Å². The molecule has 0 aliphatic rings. The summed E-state index contributed by atoms with van der Waals surface area (Å²) in [5.41, 5.74) is 0.785. The Labute approximate surface area is 157 Å². The third-order valence-corrected chi connectivity index (χ3v) is 5.24. The number of nitrogens with one attached hydrogen (secondary N) is 2. The normalized spacial score (nSPS) is 10.7. The van der Waals surface area contributed by atoms with Crippen molar-refractivity contribution in [1.29, 1.82) is 0 Å². The van der Waals surface area contributed by atoms with Crippen LogP contribution in [-0.2, 0) is 7.05 Å². The third-order valence-electron chi connectivity index (χ3n) is 4.04. The molecule has 0 unspecified atom stereocenters. The first-order chi connectivity index (χ1) is 12.9. The average Bonchev–Trinajstić information content (AvgIpc) is 2.99. The number of hydrogen-bond donors (Lipinski definition) is 2. The van der Waals surface area contributed by atoms with E-state index >= 15 is 0 Å². The zero-order chi connectivity index (χ0) is 19.6. The number of carbonyl (C=O) groups excluding carboxylic acids is 1. The number of anilines is 1. The van der Waals surface area contributed by atoms with Gasteiger partial charge in [-0.25, -0.2) is 4.98 Å². The standard InChI is InChI=1S/C17H17N5O4S/c1-10-13-16(20-9-21(2)17(13)24)27-14(10)15(23)19-8-7-18-11-5-3-4-6-12(11)22(25)26/h3-6,9,18H,7-8H2,1-2H3,(H,19,23). The number of aromatic nitrogens is 2. The smallest absolute Gasteiger partial charge is 0.292 e. The second-order valence-electron chi connectivity index (χ2n) is 5.85. The third kappa shape index (κ3) is 3.65. The predicted octanol–water partition coefficient (Wildman–Crippen LogP) is 2.05. The lowest BCUT2D eigenvalue weighted by atomic mass is 10.2. The van der Waals surface area contributed by atoms with Crippen LogP contribution in [0.4, 0.5) is 11.4 Å². The highest BCUT2D eigenvalue weighted by Crippen LogP contribution is 2.26. The lowest BCUT2D eigenvalue weighted by Crippen LogP contribution is -2.28. The maximum Gasteiger partial charge on any atom is 0.292 e. The number of amides is 1. The maximum atomic E-state index is 12.4. The van der Waals surface area contributed by atoms with Crippen LogP contribution < -0.4 is 16.2 Å². The van der Waals surface area contributed by atoms with Crippen molar-refractivity contribution in [2.24, 2.45) is 7.05 Å². The Kier molecular flexibility index (Phi) is 5.17. The molecule has 0 atom stereocenters. The number of rotatable bonds is 6. The molecule has 0 spiro atoms. The average molecular weight is 387 g/mol. The molecule has 0 saturated carbocycles. The van der Waals surface area contributed by atoms with Crippen LogP contribution in [0.2, 0.25) is 0 Å². The molecule has 1 amide bonds. The van der Waals surface area contributed by atoms with Gasteiger partial charge in [0.25, 0.3) is 17.2 Å². The zero-order valence-corrected chi connectivity index (χ0v) is 15.5. The lowest BCUT2D eigenvalue weighted by Gasteiger charge is -2.08. The molecular formula is C17H17N5O4S. The number of carbonyl (C=O) groups is 1. The number of thiophene rings is 1. The van der Waals surface area contributed by atoms with Crippen molar-refractivity contribution in [3.8, 4) is 0 Å². The molecule has 140 valence electrons. The topological polar surface area (TPSA) is 119 Å². The highest BCUT2D eigenvalue weighted by Gasteiger charge is 2.19. The van der Waals surface area contributed by atoms with Gasteiger partial charge in [-0.2, -0.15) is 0 Å². The molecule has 3 rings (SSSR count). The number of para-hydroxylation sites is 2. The van der Waals surface area contributed by atoms with E-state index in [2.05, 4.69) is 15.6 Å². The fourth-order valence-electron chi connectivity index (χ4n) is 2.66. The van der Waals surface area contributed by atoms with Crippen LogP contribution in [0, 0.1) is 17.0 Å². The minimum absolute atomic E-state index is 0.0221. The van der Waals surface area contributed by atoms with Crippen LogP contribution in [0.5, 0.6) is 0 Å². The summed E-state index contributed by atoms with van der Waals surface area (Å²) in [6, 6.07) is 6.31.